The van der Waals surface area contributed by atoms with Crippen LogP contribution in [0, 0.1) is 12.7 Å². The van der Waals surface area contributed by atoms with Crippen molar-refractivity contribution in [2.45, 2.75) is 39.3 Å². The van der Waals surface area contributed by atoms with Crippen molar-refractivity contribution in [3.63, 3.8) is 0 Å². The first-order valence-electron chi connectivity index (χ1n) is 12.7. The average Bonchev–Trinajstić information content (AvgIpc) is 3.66. The molecule has 0 bridgehead atoms. The maximum atomic E-state index is 13.8. The quantitative estimate of drug-likeness (QED) is 0.296. The topological polar surface area (TPSA) is 118 Å². The van der Waals surface area contributed by atoms with Gasteiger partial charge in [-0.05, 0) is 56.5 Å². The molecule has 39 heavy (non-hydrogen) atoms. The molecule has 0 unspecified atom stereocenters. The zero-order valence-corrected chi connectivity index (χ0v) is 22.2. The summed E-state index contributed by atoms with van der Waals surface area (Å²) in [7, 11) is 0. The van der Waals surface area contributed by atoms with E-state index in [1.54, 1.807) is 23.3 Å². The highest BCUT2D eigenvalue weighted by molar-refractivity contribution is 7.10. The van der Waals surface area contributed by atoms with Crippen molar-refractivity contribution < 1.29 is 9.18 Å². The zero-order chi connectivity index (χ0) is 26.8. The van der Waals surface area contributed by atoms with Gasteiger partial charge in [-0.3, -0.25) is 19.1 Å². The minimum atomic E-state index is -0.590. The summed E-state index contributed by atoms with van der Waals surface area (Å²) in [5.74, 6) is -0.335. The van der Waals surface area contributed by atoms with Gasteiger partial charge in [-0.1, -0.05) is 6.42 Å². The SMILES string of the molecule is Cc1cn2c(-c3cn(CC(=O)Nc4ccncc4F)cn3)cnc2c(Nc2cc(CN3CCCCC3)ns2)n1. The van der Waals surface area contributed by atoms with Gasteiger partial charge in [0, 0.05) is 25.1 Å². The van der Waals surface area contributed by atoms with Crippen molar-refractivity contribution in [3.8, 4) is 11.4 Å². The minimum absolute atomic E-state index is 0.0238. The number of nitrogens with zero attached hydrogens (tertiary/aromatic N) is 8. The standard InChI is InChI=1S/C26H27FN10OS/c1-17-12-37-22(21-14-36(16-30-21)15-23(38)32-20-5-6-28-10-19(20)27)11-29-26(37)25(31-17)33-24-9-18(34-39-24)13-35-7-3-2-4-8-35/h5-6,9-12,14,16H,2-4,7-8,13,15H2,1H3,(H,31,33)(H,28,32,38). The lowest BCUT2D eigenvalue weighted by Crippen LogP contribution is -2.29. The largest absolute Gasteiger partial charge is 0.328 e. The summed E-state index contributed by atoms with van der Waals surface area (Å²) in [6, 6.07) is 3.49. The molecule has 0 aliphatic carbocycles. The molecular weight excluding hydrogens is 519 g/mol. The van der Waals surface area contributed by atoms with Crippen LogP contribution in [-0.2, 0) is 17.9 Å². The Morgan fingerprint density at radius 1 is 1.15 bits per heavy atom. The lowest BCUT2D eigenvalue weighted by molar-refractivity contribution is -0.116. The molecule has 1 aliphatic heterocycles. The highest BCUT2D eigenvalue weighted by Crippen LogP contribution is 2.28. The van der Waals surface area contributed by atoms with Crippen LogP contribution in [0.1, 0.15) is 30.7 Å². The van der Waals surface area contributed by atoms with Gasteiger partial charge >= 0.3 is 0 Å². The molecule has 13 heteroatoms. The predicted molar refractivity (Wildman–Crippen MR) is 146 cm³/mol. The molecule has 1 fully saturated rings. The Morgan fingerprint density at radius 2 is 2.03 bits per heavy atom. The van der Waals surface area contributed by atoms with Crippen LogP contribution < -0.4 is 10.6 Å². The number of amides is 1. The molecule has 1 aliphatic rings. The summed E-state index contributed by atoms with van der Waals surface area (Å²) in [6.45, 7) is 5.01. The molecule has 11 nitrogen and oxygen atoms in total. The highest BCUT2D eigenvalue weighted by Gasteiger charge is 2.17. The van der Waals surface area contributed by atoms with Crippen LogP contribution >= 0.6 is 11.5 Å². The van der Waals surface area contributed by atoms with Gasteiger partial charge in [0.1, 0.15) is 17.2 Å². The van der Waals surface area contributed by atoms with Crippen molar-refractivity contribution >= 4 is 39.6 Å². The Bertz CT molecular complexity index is 1620. The predicted octanol–water partition coefficient (Wildman–Crippen LogP) is 4.26. The number of halogens is 1. The van der Waals surface area contributed by atoms with Crippen molar-refractivity contribution in [3.05, 3.63) is 66.6 Å². The number of aromatic nitrogens is 7. The number of carbonyl (C=O) groups excluding carboxylic acids is 1. The number of imidazole rings is 2. The molecule has 5 aromatic heterocycles. The summed E-state index contributed by atoms with van der Waals surface area (Å²) in [5.41, 5.74) is 4.00. The molecule has 6 rings (SSSR count). The fourth-order valence-electron chi connectivity index (χ4n) is 4.70. The summed E-state index contributed by atoms with van der Waals surface area (Å²) in [6.07, 6.45) is 13.2. The molecule has 5 aromatic rings. The van der Waals surface area contributed by atoms with Crippen molar-refractivity contribution in [1.29, 1.82) is 0 Å². The number of hydrogen-bond acceptors (Lipinski definition) is 9. The van der Waals surface area contributed by atoms with Crippen molar-refractivity contribution in [1.82, 2.24) is 38.2 Å². The van der Waals surface area contributed by atoms with Crippen LogP contribution in [0.4, 0.5) is 20.9 Å². The molecule has 0 spiro atoms. The normalized spacial score (nSPS) is 14.1. The van der Waals surface area contributed by atoms with Crippen LogP contribution in [0.25, 0.3) is 17.0 Å². The lowest BCUT2D eigenvalue weighted by atomic mass is 10.1. The fourth-order valence-corrected chi connectivity index (χ4v) is 5.36. The first-order valence-corrected chi connectivity index (χ1v) is 13.5. The van der Waals surface area contributed by atoms with E-state index < -0.39 is 5.82 Å². The smallest absolute Gasteiger partial charge is 0.244 e. The molecule has 2 N–H and O–H groups in total. The number of carbonyl (C=O) groups is 1. The molecule has 0 saturated carbocycles. The Hall–Kier alpha value is -4.23. The zero-order valence-electron chi connectivity index (χ0n) is 21.3. The number of aryl methyl sites for hydroxylation is 1. The number of piperidine rings is 1. The van der Waals surface area contributed by atoms with E-state index >= 15 is 0 Å². The molecule has 0 atom stereocenters. The van der Waals surface area contributed by atoms with E-state index in [9.17, 15) is 9.18 Å². The summed E-state index contributed by atoms with van der Waals surface area (Å²) in [5, 5.41) is 6.86. The van der Waals surface area contributed by atoms with Gasteiger partial charge in [-0.2, -0.15) is 4.37 Å². The van der Waals surface area contributed by atoms with Gasteiger partial charge < -0.3 is 15.2 Å². The van der Waals surface area contributed by atoms with Gasteiger partial charge in [0.2, 0.25) is 5.91 Å². The average molecular weight is 547 g/mol. The molecule has 1 saturated heterocycles. The van der Waals surface area contributed by atoms with Crippen LogP contribution in [0.3, 0.4) is 0 Å². The Labute approximate surface area is 227 Å². The van der Waals surface area contributed by atoms with E-state index in [1.807, 2.05) is 17.5 Å². The van der Waals surface area contributed by atoms with Crippen molar-refractivity contribution in [2.24, 2.45) is 0 Å². The van der Waals surface area contributed by atoms with E-state index in [0.717, 1.165) is 47.9 Å². The number of fused-ring (bicyclic) bond motifs is 1. The van der Waals surface area contributed by atoms with Gasteiger partial charge in [0.25, 0.3) is 0 Å². The maximum absolute atomic E-state index is 13.8. The van der Waals surface area contributed by atoms with Crippen molar-refractivity contribution in [2.75, 3.05) is 23.7 Å². The van der Waals surface area contributed by atoms with E-state index in [-0.39, 0.29) is 18.1 Å². The molecule has 0 radical (unpaired) electrons. The van der Waals surface area contributed by atoms with Crippen LogP contribution in [-0.4, -0.2) is 57.2 Å². The fraction of sp³-hybridized carbons (Fsp3) is 0.308. The maximum Gasteiger partial charge on any atom is 0.244 e. The minimum Gasteiger partial charge on any atom is -0.328 e. The third-order valence-electron chi connectivity index (χ3n) is 6.52. The molecule has 6 heterocycles. The number of nitrogens with one attached hydrogen (secondary N) is 2. The first-order chi connectivity index (χ1) is 19.0. The van der Waals surface area contributed by atoms with E-state index in [0.29, 0.717) is 17.2 Å². The van der Waals surface area contributed by atoms with Crippen LogP contribution in [0.5, 0.6) is 0 Å². The highest BCUT2D eigenvalue weighted by atomic mass is 32.1. The summed E-state index contributed by atoms with van der Waals surface area (Å²) >= 11 is 1.42. The number of pyridine rings is 1. The van der Waals surface area contributed by atoms with E-state index in [2.05, 4.69) is 45.9 Å². The third-order valence-corrected chi connectivity index (χ3v) is 7.26. The van der Waals surface area contributed by atoms with Gasteiger partial charge in [-0.25, -0.2) is 19.3 Å². The van der Waals surface area contributed by atoms with Crippen LogP contribution in [0.2, 0.25) is 0 Å². The first kappa shape index (κ1) is 25.1. The second-order valence-electron chi connectivity index (χ2n) is 9.55. The molecule has 200 valence electrons. The number of hydrogen-bond donors (Lipinski definition) is 2. The molecular formula is C26H27FN10OS. The second-order valence-corrected chi connectivity index (χ2v) is 10.4. The number of rotatable bonds is 8. The van der Waals surface area contributed by atoms with Gasteiger partial charge in [0.15, 0.2) is 17.3 Å². The van der Waals surface area contributed by atoms with E-state index in [1.165, 1.54) is 43.1 Å². The molecule has 0 aromatic carbocycles. The molecule has 1 amide bonds. The monoisotopic (exact) mass is 546 g/mol. The number of anilines is 3. The Kier molecular flexibility index (Phi) is 6.99. The number of likely N-dealkylation sites (tertiary alicyclic amines) is 1. The Morgan fingerprint density at radius 3 is 2.87 bits per heavy atom. The summed E-state index contributed by atoms with van der Waals surface area (Å²) < 4.78 is 22.0. The van der Waals surface area contributed by atoms with E-state index in [4.69, 9.17) is 0 Å². The van der Waals surface area contributed by atoms with Gasteiger partial charge in [-0.15, -0.1) is 0 Å². The van der Waals surface area contributed by atoms with Gasteiger partial charge in [0.05, 0.1) is 41.5 Å². The summed E-state index contributed by atoms with van der Waals surface area (Å²) in [4.78, 5) is 32.3. The van der Waals surface area contributed by atoms with Crippen LogP contribution in [0.15, 0.2) is 49.4 Å². The second kappa shape index (κ2) is 10.9. The third kappa shape index (κ3) is 5.64. The lowest BCUT2D eigenvalue weighted by Gasteiger charge is -2.25. The Balaban J connectivity index is 1.18.